The van der Waals surface area contributed by atoms with Crippen LogP contribution in [-0.2, 0) is 10.0 Å². The smallest absolute Gasteiger partial charge is 0.341 e. The number of aromatic nitrogens is 2. The molecule has 1 N–H and O–H groups in total. The number of carbonyl (C=O) groups excluding carboxylic acids is 1. The maximum Gasteiger partial charge on any atom is 0.341 e. The number of rotatable bonds is 16. The first kappa shape index (κ1) is 40.7. The number of amides is 1. The number of hydrogen-bond acceptors (Lipinski definition) is 9. The van der Waals surface area contributed by atoms with Gasteiger partial charge in [-0.2, -0.15) is 0 Å². The molecule has 5 aromatic rings. The Balaban J connectivity index is 1.84. The number of anilines is 3. The first-order chi connectivity index (χ1) is 26.5. The summed E-state index contributed by atoms with van der Waals surface area (Å²) in [6.45, 7) is 19.2. The second-order valence-electron chi connectivity index (χ2n) is 13.0. The summed E-state index contributed by atoms with van der Waals surface area (Å²) in [4.78, 5) is 26.5. The Hall–Kier alpha value is -5.49. The van der Waals surface area contributed by atoms with Crippen molar-refractivity contribution in [3.8, 4) is 45.4 Å². The summed E-state index contributed by atoms with van der Waals surface area (Å²) in [6, 6.07) is 25.1. The molecule has 4 aromatic carbocycles. The van der Waals surface area contributed by atoms with Gasteiger partial charge in [-0.3, -0.25) is 0 Å². The van der Waals surface area contributed by atoms with Crippen LogP contribution in [-0.4, -0.2) is 77.5 Å². The molecule has 12 heteroatoms. The van der Waals surface area contributed by atoms with Gasteiger partial charge in [-0.15, -0.1) is 0 Å². The molecule has 292 valence electrons. The largest absolute Gasteiger partial charge is 0.494 e. The van der Waals surface area contributed by atoms with Crippen LogP contribution in [0.4, 0.5) is 21.9 Å². The maximum atomic E-state index is 14.7. The van der Waals surface area contributed by atoms with Gasteiger partial charge in [-0.1, -0.05) is 42.0 Å². The number of hydrogen-bond donors (Lipinski definition) is 1. The Bertz CT molecular complexity index is 2150. The van der Waals surface area contributed by atoms with Gasteiger partial charge in [0.15, 0.2) is 0 Å². The van der Waals surface area contributed by atoms with Crippen LogP contribution in [0.15, 0.2) is 89.8 Å². The van der Waals surface area contributed by atoms with Crippen LogP contribution in [0, 0.1) is 6.92 Å². The molecule has 1 aromatic heterocycles. The lowest BCUT2D eigenvalue weighted by Gasteiger charge is -2.26. The zero-order valence-electron chi connectivity index (χ0n) is 33.5. The van der Waals surface area contributed by atoms with E-state index in [0.717, 1.165) is 54.4 Å². The van der Waals surface area contributed by atoms with Crippen molar-refractivity contribution in [3.05, 3.63) is 90.5 Å². The summed E-state index contributed by atoms with van der Waals surface area (Å²) >= 11 is 0. The SMILES string of the molecule is CCN(CC)c1ccc(-c2nc(-c3cc(OC)c(N(CC)CC)c(OC)c3)n(C(=O)NS(=O)(=O)c3ccc(C)cc3)c2-c2ccc(N(CC)CC)cc2)cc1. The molecular weight excluding hydrogens is 713 g/mol. The first-order valence-electron chi connectivity index (χ1n) is 19.0. The maximum absolute atomic E-state index is 14.7. The van der Waals surface area contributed by atoms with Crippen LogP contribution in [0.3, 0.4) is 0 Å². The van der Waals surface area contributed by atoms with E-state index in [1.165, 1.54) is 16.7 Å². The van der Waals surface area contributed by atoms with Crippen LogP contribution in [0.1, 0.15) is 47.1 Å². The minimum absolute atomic E-state index is 0.0302. The van der Waals surface area contributed by atoms with Gasteiger partial charge in [0.25, 0.3) is 10.0 Å². The molecule has 0 unspecified atom stereocenters. The molecule has 55 heavy (non-hydrogen) atoms. The van der Waals surface area contributed by atoms with Crippen molar-refractivity contribution in [2.24, 2.45) is 0 Å². The summed E-state index contributed by atoms with van der Waals surface area (Å²) in [7, 11) is -1.11. The average Bonchev–Trinajstić information content (AvgIpc) is 3.61. The van der Waals surface area contributed by atoms with Gasteiger partial charge in [0.1, 0.15) is 23.0 Å². The lowest BCUT2D eigenvalue weighted by Crippen LogP contribution is -2.35. The van der Waals surface area contributed by atoms with Crippen molar-refractivity contribution in [1.29, 1.82) is 0 Å². The van der Waals surface area contributed by atoms with Gasteiger partial charge in [-0.25, -0.2) is 27.5 Å². The molecule has 0 fully saturated rings. The minimum atomic E-state index is -4.29. The third-order valence-electron chi connectivity index (χ3n) is 9.99. The Morgan fingerprint density at radius 3 is 1.55 bits per heavy atom. The summed E-state index contributed by atoms with van der Waals surface area (Å²) in [5.74, 6) is 1.26. The van der Waals surface area contributed by atoms with Crippen LogP contribution in [0.25, 0.3) is 33.9 Å². The highest BCUT2D eigenvalue weighted by atomic mass is 32.2. The second-order valence-corrected chi connectivity index (χ2v) is 14.7. The summed E-state index contributed by atoms with van der Waals surface area (Å²) in [5, 5.41) is 0. The molecule has 1 amide bonds. The van der Waals surface area contributed by atoms with Crippen molar-refractivity contribution < 1.29 is 22.7 Å². The fourth-order valence-corrected chi connectivity index (χ4v) is 7.86. The highest BCUT2D eigenvalue weighted by Gasteiger charge is 2.30. The summed E-state index contributed by atoms with van der Waals surface area (Å²) < 4.78 is 43.2. The van der Waals surface area contributed by atoms with Gasteiger partial charge < -0.3 is 24.2 Å². The van der Waals surface area contributed by atoms with Crippen molar-refractivity contribution in [3.63, 3.8) is 0 Å². The molecule has 1 heterocycles. The zero-order chi connectivity index (χ0) is 39.9. The van der Waals surface area contributed by atoms with Crippen molar-refractivity contribution >= 4 is 33.1 Å². The Kier molecular flexibility index (Phi) is 13.1. The number of nitrogens with zero attached hydrogens (tertiary/aromatic N) is 5. The van der Waals surface area contributed by atoms with E-state index in [0.29, 0.717) is 47.1 Å². The molecular formula is C43H54N6O5S. The standard InChI is InChI=1S/C43H54N6O5S/c1-10-46(11-2)34-22-18-31(19-23-34)39-40(32-20-24-35(25-21-32)47(12-3)13-4)49(43(50)45-55(51,52)36-26-16-30(7)17-27-36)42(44-39)33-28-37(53-8)41(38(29-33)54-9)48(14-5)15-6/h16-29H,10-15H2,1-9H3,(H,45,50). The van der Waals surface area contributed by atoms with E-state index >= 15 is 0 Å². The Morgan fingerprint density at radius 1 is 0.655 bits per heavy atom. The van der Waals surface area contributed by atoms with Crippen molar-refractivity contribution in [2.75, 3.05) is 68.2 Å². The van der Waals surface area contributed by atoms with E-state index in [4.69, 9.17) is 14.5 Å². The molecule has 11 nitrogen and oxygen atoms in total. The number of benzene rings is 4. The van der Waals surface area contributed by atoms with Gasteiger partial charge in [0, 0.05) is 67.3 Å². The minimum Gasteiger partial charge on any atom is -0.494 e. The fourth-order valence-electron chi connectivity index (χ4n) is 6.93. The number of sulfonamides is 1. The highest BCUT2D eigenvalue weighted by molar-refractivity contribution is 7.90. The highest BCUT2D eigenvalue weighted by Crippen LogP contribution is 2.44. The van der Waals surface area contributed by atoms with E-state index in [9.17, 15) is 13.2 Å². The monoisotopic (exact) mass is 766 g/mol. The van der Waals surface area contributed by atoms with Crippen molar-refractivity contribution in [1.82, 2.24) is 14.3 Å². The molecule has 0 aliphatic rings. The van der Waals surface area contributed by atoms with Gasteiger partial charge in [0.05, 0.1) is 30.5 Å². The van der Waals surface area contributed by atoms with E-state index in [-0.39, 0.29) is 10.7 Å². The quantitative estimate of drug-likeness (QED) is 0.106. The molecule has 0 atom stereocenters. The van der Waals surface area contributed by atoms with Crippen LogP contribution in [0.5, 0.6) is 11.5 Å². The number of ether oxygens (including phenoxy) is 2. The molecule has 0 saturated carbocycles. The number of nitrogens with one attached hydrogen (secondary N) is 1. The normalized spacial score (nSPS) is 11.3. The van der Waals surface area contributed by atoms with E-state index < -0.39 is 16.1 Å². The fraction of sp³-hybridized carbons (Fsp3) is 0.349. The molecule has 0 spiro atoms. The molecule has 0 aliphatic heterocycles. The number of carbonyl (C=O) groups is 1. The van der Waals surface area contributed by atoms with E-state index in [1.54, 1.807) is 26.4 Å². The second kappa shape index (κ2) is 17.8. The topological polar surface area (TPSA) is 109 Å². The van der Waals surface area contributed by atoms with Crippen LogP contribution >= 0.6 is 0 Å². The predicted molar refractivity (Wildman–Crippen MR) is 225 cm³/mol. The zero-order valence-corrected chi connectivity index (χ0v) is 34.3. The van der Waals surface area contributed by atoms with Crippen LogP contribution in [0.2, 0.25) is 0 Å². The average molecular weight is 767 g/mol. The third-order valence-corrected chi connectivity index (χ3v) is 11.3. The Morgan fingerprint density at radius 2 is 1.11 bits per heavy atom. The lowest BCUT2D eigenvalue weighted by atomic mass is 10.0. The van der Waals surface area contributed by atoms with Crippen LogP contribution < -0.4 is 28.9 Å². The summed E-state index contributed by atoms with van der Waals surface area (Å²) in [6.07, 6.45) is 0. The van der Waals surface area contributed by atoms with Gasteiger partial charge in [0.2, 0.25) is 0 Å². The molecule has 0 bridgehead atoms. The molecule has 0 saturated heterocycles. The van der Waals surface area contributed by atoms with Gasteiger partial charge >= 0.3 is 6.03 Å². The lowest BCUT2D eigenvalue weighted by molar-refractivity contribution is 0.248. The Labute approximate surface area is 326 Å². The third kappa shape index (κ3) is 8.44. The molecule has 0 radical (unpaired) electrons. The number of imidazole rings is 1. The summed E-state index contributed by atoms with van der Waals surface area (Å²) in [5.41, 5.74) is 6.61. The van der Waals surface area contributed by atoms with Gasteiger partial charge in [-0.05, 0) is 97.0 Å². The number of aryl methyl sites for hydroxylation is 1. The van der Waals surface area contributed by atoms with E-state index in [1.807, 2.05) is 67.6 Å². The van der Waals surface area contributed by atoms with Crippen molar-refractivity contribution in [2.45, 2.75) is 53.4 Å². The number of methoxy groups -OCH3 is 2. The molecule has 5 rings (SSSR count). The predicted octanol–water partition coefficient (Wildman–Crippen LogP) is 8.69. The van der Waals surface area contributed by atoms with E-state index in [2.05, 4.69) is 61.0 Å². The molecule has 0 aliphatic carbocycles. The first-order valence-corrected chi connectivity index (χ1v) is 20.5.